The number of carbonyl (C=O) groups is 1. The summed E-state index contributed by atoms with van der Waals surface area (Å²) < 4.78 is 11.3. The Labute approximate surface area is 136 Å². The van der Waals surface area contributed by atoms with Crippen LogP contribution in [0.4, 0.5) is 0 Å². The number of ether oxygens (including phenoxy) is 2. The molecule has 2 aromatic rings. The van der Waals surface area contributed by atoms with Crippen molar-refractivity contribution in [1.29, 1.82) is 0 Å². The van der Waals surface area contributed by atoms with Gasteiger partial charge in [-0.05, 0) is 50.4 Å². The van der Waals surface area contributed by atoms with Crippen LogP contribution in [-0.2, 0) is 4.79 Å². The zero-order valence-corrected chi connectivity index (χ0v) is 13.3. The molecule has 0 bridgehead atoms. The smallest absolute Gasteiger partial charge is 0.320 e. The molecule has 2 rings (SSSR count). The van der Waals surface area contributed by atoms with Crippen LogP contribution in [-0.4, -0.2) is 42.2 Å². The minimum absolute atomic E-state index is 0.424. The maximum absolute atomic E-state index is 10.9. The van der Waals surface area contributed by atoms with E-state index >= 15 is 0 Å². The fourth-order valence-electron chi connectivity index (χ4n) is 1.92. The van der Waals surface area contributed by atoms with E-state index in [1.165, 1.54) is 0 Å². The average Bonchev–Trinajstić information content (AvgIpc) is 2.56. The van der Waals surface area contributed by atoms with Crippen molar-refractivity contribution in [2.24, 2.45) is 0 Å². The summed E-state index contributed by atoms with van der Waals surface area (Å²) in [6, 6.07) is 16.4. The van der Waals surface area contributed by atoms with E-state index in [0.29, 0.717) is 13.2 Å². The zero-order chi connectivity index (χ0) is 16.7. The number of carboxylic acids is 1. The topological polar surface area (TPSA) is 59.0 Å². The molecule has 0 aliphatic rings. The van der Waals surface area contributed by atoms with Crippen molar-refractivity contribution in [1.82, 2.24) is 4.90 Å². The van der Waals surface area contributed by atoms with E-state index < -0.39 is 12.0 Å². The van der Waals surface area contributed by atoms with Gasteiger partial charge in [-0.3, -0.25) is 9.69 Å². The van der Waals surface area contributed by atoms with E-state index in [4.69, 9.17) is 14.6 Å². The molecule has 0 aliphatic heterocycles. The van der Waals surface area contributed by atoms with Crippen molar-refractivity contribution in [2.45, 2.75) is 13.0 Å². The highest BCUT2D eigenvalue weighted by Gasteiger charge is 2.16. The van der Waals surface area contributed by atoms with Crippen LogP contribution in [0.15, 0.2) is 54.6 Å². The third-order valence-electron chi connectivity index (χ3n) is 3.53. The van der Waals surface area contributed by atoms with E-state index in [1.807, 2.05) is 54.6 Å². The highest BCUT2D eigenvalue weighted by molar-refractivity contribution is 5.72. The van der Waals surface area contributed by atoms with Gasteiger partial charge >= 0.3 is 5.97 Å². The molecule has 0 heterocycles. The molecular formula is C18H21NO4. The molecule has 0 saturated carbocycles. The Bertz CT molecular complexity index is 613. The van der Waals surface area contributed by atoms with Crippen LogP contribution in [0.3, 0.4) is 0 Å². The number of rotatable bonds is 8. The lowest BCUT2D eigenvalue weighted by molar-refractivity contribution is -0.142. The summed E-state index contributed by atoms with van der Waals surface area (Å²) in [5.41, 5.74) is 0. The Balaban J connectivity index is 1.80. The second-order valence-corrected chi connectivity index (χ2v) is 5.23. The number of nitrogens with zero attached hydrogens (tertiary/aromatic N) is 1. The normalized spacial score (nSPS) is 12.0. The van der Waals surface area contributed by atoms with Crippen molar-refractivity contribution in [3.63, 3.8) is 0 Å². The number of para-hydroxylation sites is 1. The van der Waals surface area contributed by atoms with Gasteiger partial charge in [0.05, 0.1) is 0 Å². The summed E-state index contributed by atoms with van der Waals surface area (Å²) in [5.74, 6) is 1.40. The molecule has 0 radical (unpaired) electrons. The van der Waals surface area contributed by atoms with Gasteiger partial charge in [0, 0.05) is 6.54 Å². The van der Waals surface area contributed by atoms with E-state index in [1.54, 1.807) is 18.9 Å². The molecular weight excluding hydrogens is 294 g/mol. The lowest BCUT2D eigenvalue weighted by Gasteiger charge is -2.20. The first-order valence-corrected chi connectivity index (χ1v) is 7.45. The highest BCUT2D eigenvalue weighted by Crippen LogP contribution is 2.23. The van der Waals surface area contributed by atoms with E-state index in [2.05, 4.69) is 0 Å². The van der Waals surface area contributed by atoms with Gasteiger partial charge < -0.3 is 14.6 Å². The van der Waals surface area contributed by atoms with Gasteiger partial charge in [-0.15, -0.1) is 0 Å². The van der Waals surface area contributed by atoms with Crippen molar-refractivity contribution in [3.05, 3.63) is 54.6 Å². The molecule has 1 unspecified atom stereocenters. The first kappa shape index (κ1) is 16.8. The van der Waals surface area contributed by atoms with E-state index in [9.17, 15) is 4.79 Å². The largest absolute Gasteiger partial charge is 0.492 e. The molecule has 0 aromatic heterocycles. The quantitative estimate of drug-likeness (QED) is 0.810. The van der Waals surface area contributed by atoms with Crippen LogP contribution < -0.4 is 9.47 Å². The van der Waals surface area contributed by atoms with Crippen LogP contribution in [0.2, 0.25) is 0 Å². The highest BCUT2D eigenvalue weighted by atomic mass is 16.5. The molecule has 0 aliphatic carbocycles. The lowest BCUT2D eigenvalue weighted by atomic mass is 10.3. The van der Waals surface area contributed by atoms with Gasteiger partial charge in [0.1, 0.15) is 29.9 Å². The summed E-state index contributed by atoms with van der Waals surface area (Å²) in [4.78, 5) is 12.6. The number of benzene rings is 2. The molecule has 122 valence electrons. The molecule has 0 amide bonds. The minimum atomic E-state index is -0.838. The van der Waals surface area contributed by atoms with Crippen LogP contribution in [0, 0.1) is 0 Å². The van der Waals surface area contributed by atoms with Crippen molar-refractivity contribution < 1.29 is 19.4 Å². The van der Waals surface area contributed by atoms with Crippen LogP contribution in [0.1, 0.15) is 6.92 Å². The molecule has 5 heteroatoms. The average molecular weight is 315 g/mol. The number of likely N-dealkylation sites (N-methyl/N-ethyl adjacent to an activating group) is 1. The van der Waals surface area contributed by atoms with Crippen LogP contribution >= 0.6 is 0 Å². The minimum Gasteiger partial charge on any atom is -0.492 e. The molecule has 0 saturated heterocycles. The number of carboxylic acid groups (broad SMARTS) is 1. The van der Waals surface area contributed by atoms with Crippen molar-refractivity contribution in [2.75, 3.05) is 20.2 Å². The maximum atomic E-state index is 10.9. The summed E-state index contributed by atoms with van der Waals surface area (Å²) in [6.07, 6.45) is 0. The second kappa shape index (κ2) is 8.19. The van der Waals surface area contributed by atoms with Gasteiger partial charge in [0.2, 0.25) is 0 Å². The van der Waals surface area contributed by atoms with Gasteiger partial charge in [-0.1, -0.05) is 18.2 Å². The summed E-state index contributed by atoms with van der Waals surface area (Å²) in [5, 5.41) is 8.92. The Morgan fingerprint density at radius 1 is 1.04 bits per heavy atom. The first-order chi connectivity index (χ1) is 11.1. The van der Waals surface area contributed by atoms with E-state index in [-0.39, 0.29) is 0 Å². The summed E-state index contributed by atoms with van der Waals surface area (Å²) in [6.45, 7) is 2.61. The standard InChI is InChI=1S/C18H21NO4/c1-14(18(20)21)19(2)12-13-22-15-8-10-17(11-9-15)23-16-6-4-3-5-7-16/h3-11,14H,12-13H2,1-2H3,(H,20,21). The van der Waals surface area contributed by atoms with Gasteiger partial charge in [0.15, 0.2) is 0 Å². The van der Waals surface area contributed by atoms with Gasteiger partial charge in [0.25, 0.3) is 0 Å². The lowest BCUT2D eigenvalue weighted by Crippen LogP contribution is -2.38. The predicted molar refractivity (Wildman–Crippen MR) is 88.2 cm³/mol. The Hall–Kier alpha value is -2.53. The maximum Gasteiger partial charge on any atom is 0.320 e. The van der Waals surface area contributed by atoms with Gasteiger partial charge in [-0.2, -0.15) is 0 Å². The van der Waals surface area contributed by atoms with E-state index in [0.717, 1.165) is 17.2 Å². The van der Waals surface area contributed by atoms with Crippen molar-refractivity contribution >= 4 is 5.97 Å². The molecule has 0 fully saturated rings. The Morgan fingerprint density at radius 2 is 1.61 bits per heavy atom. The predicted octanol–water partition coefficient (Wildman–Crippen LogP) is 3.26. The molecule has 1 atom stereocenters. The summed E-state index contributed by atoms with van der Waals surface area (Å²) in [7, 11) is 1.76. The molecule has 1 N–H and O–H groups in total. The zero-order valence-electron chi connectivity index (χ0n) is 13.3. The van der Waals surface area contributed by atoms with Crippen molar-refractivity contribution in [3.8, 4) is 17.2 Å². The third-order valence-corrected chi connectivity index (χ3v) is 3.53. The molecule has 23 heavy (non-hydrogen) atoms. The first-order valence-electron chi connectivity index (χ1n) is 7.45. The SMILES string of the molecule is CC(C(=O)O)N(C)CCOc1ccc(Oc2ccccc2)cc1. The number of hydrogen-bond donors (Lipinski definition) is 1. The fraction of sp³-hybridized carbons (Fsp3) is 0.278. The Morgan fingerprint density at radius 3 is 2.22 bits per heavy atom. The van der Waals surface area contributed by atoms with Gasteiger partial charge in [-0.25, -0.2) is 0 Å². The molecule has 2 aromatic carbocycles. The summed E-state index contributed by atoms with van der Waals surface area (Å²) >= 11 is 0. The number of aliphatic carboxylic acids is 1. The monoisotopic (exact) mass is 315 g/mol. The Kier molecular flexibility index (Phi) is 6.00. The number of hydrogen-bond acceptors (Lipinski definition) is 4. The molecule has 5 nitrogen and oxygen atoms in total. The molecule has 0 spiro atoms. The second-order valence-electron chi connectivity index (χ2n) is 5.23. The third kappa shape index (κ3) is 5.30. The fourth-order valence-corrected chi connectivity index (χ4v) is 1.92. The van der Waals surface area contributed by atoms with Crippen LogP contribution in [0.5, 0.6) is 17.2 Å². The van der Waals surface area contributed by atoms with Crippen LogP contribution in [0.25, 0.3) is 0 Å².